The molecule has 5 nitrogen and oxygen atoms in total. The number of aromatic carboxylic acids is 1. The van der Waals surface area contributed by atoms with Crippen LogP contribution in [0.5, 0.6) is 0 Å². The first-order valence-corrected chi connectivity index (χ1v) is 13.9. The van der Waals surface area contributed by atoms with E-state index in [1.54, 1.807) is 0 Å². The van der Waals surface area contributed by atoms with E-state index in [-0.39, 0.29) is 25.4 Å². The molecule has 0 aromatic heterocycles. The van der Waals surface area contributed by atoms with Crippen molar-refractivity contribution in [2.45, 2.75) is 122 Å². The zero-order chi connectivity index (χ0) is 25.6. The van der Waals surface area contributed by atoms with Crippen LogP contribution in [-0.2, 0) is 16.1 Å². The Morgan fingerprint density at radius 3 is 1.83 bits per heavy atom. The lowest BCUT2D eigenvalue weighted by atomic mass is 10.0. The Kier molecular flexibility index (Phi) is 19.6. The average Bonchev–Trinajstić information content (AvgIpc) is 2.84. The van der Waals surface area contributed by atoms with Crippen molar-refractivity contribution in [3.05, 3.63) is 35.1 Å². The van der Waals surface area contributed by atoms with Crippen LogP contribution >= 0.6 is 0 Å². The van der Waals surface area contributed by atoms with Crippen LogP contribution in [0.2, 0.25) is 0 Å². The largest absolute Gasteiger partial charge is 0.478 e. The molecule has 0 radical (unpaired) electrons. The molecule has 0 heterocycles. The summed E-state index contributed by atoms with van der Waals surface area (Å²) in [5.74, 6) is -1.81. The van der Waals surface area contributed by atoms with Crippen molar-refractivity contribution in [3.63, 3.8) is 0 Å². The number of ether oxygens (including phenoxy) is 2. The summed E-state index contributed by atoms with van der Waals surface area (Å²) < 4.78 is 24.7. The normalized spacial score (nSPS) is 12.2. The molecule has 0 aliphatic carbocycles. The van der Waals surface area contributed by atoms with Gasteiger partial charge >= 0.3 is 5.97 Å². The van der Waals surface area contributed by atoms with Gasteiger partial charge < -0.3 is 19.7 Å². The summed E-state index contributed by atoms with van der Waals surface area (Å²) in [5.41, 5.74) is 0.294. The van der Waals surface area contributed by atoms with Crippen LogP contribution in [0.1, 0.15) is 126 Å². The van der Waals surface area contributed by atoms with Crippen molar-refractivity contribution in [3.8, 4) is 0 Å². The highest BCUT2D eigenvalue weighted by Crippen LogP contribution is 2.14. The molecular formula is C29H49FO5. The molecule has 1 atom stereocenters. The number of carbonyl (C=O) groups is 1. The molecule has 1 aromatic rings. The van der Waals surface area contributed by atoms with Crippen LogP contribution in [0, 0.1) is 5.82 Å². The van der Waals surface area contributed by atoms with Gasteiger partial charge in [-0.1, -0.05) is 103 Å². The monoisotopic (exact) mass is 496 g/mol. The molecular weight excluding hydrogens is 447 g/mol. The molecule has 35 heavy (non-hydrogen) atoms. The van der Waals surface area contributed by atoms with E-state index < -0.39 is 17.9 Å². The molecule has 0 saturated heterocycles. The Hall–Kier alpha value is -1.50. The number of carboxylic acid groups (broad SMARTS) is 1. The fourth-order valence-corrected chi connectivity index (χ4v) is 4.19. The number of halogens is 1. The smallest absolute Gasteiger partial charge is 0.335 e. The fraction of sp³-hybridized carbons (Fsp3) is 0.759. The summed E-state index contributed by atoms with van der Waals surface area (Å²) in [6, 6.07) is 3.58. The second-order valence-corrected chi connectivity index (χ2v) is 9.65. The van der Waals surface area contributed by atoms with Gasteiger partial charge in [-0.05, 0) is 30.2 Å². The Balaban J connectivity index is 1.93. The molecule has 6 heteroatoms. The third-order valence-corrected chi connectivity index (χ3v) is 6.34. The summed E-state index contributed by atoms with van der Waals surface area (Å²) in [5, 5.41) is 18.5. The first kappa shape index (κ1) is 31.5. The first-order valence-electron chi connectivity index (χ1n) is 13.9. The van der Waals surface area contributed by atoms with E-state index in [4.69, 9.17) is 14.6 Å². The zero-order valence-corrected chi connectivity index (χ0v) is 21.9. The minimum atomic E-state index is -1.19. The van der Waals surface area contributed by atoms with Crippen LogP contribution in [0.4, 0.5) is 4.39 Å². The van der Waals surface area contributed by atoms with Gasteiger partial charge in [0.2, 0.25) is 0 Å². The number of hydrogen-bond acceptors (Lipinski definition) is 4. The van der Waals surface area contributed by atoms with E-state index in [9.17, 15) is 14.3 Å². The molecule has 0 fully saturated rings. The first-order chi connectivity index (χ1) is 17.1. The van der Waals surface area contributed by atoms with E-state index >= 15 is 0 Å². The molecule has 0 aliphatic heterocycles. The topological polar surface area (TPSA) is 76.0 Å². The quantitative estimate of drug-likeness (QED) is 0.144. The van der Waals surface area contributed by atoms with E-state index in [1.807, 2.05) is 0 Å². The second-order valence-electron chi connectivity index (χ2n) is 9.65. The van der Waals surface area contributed by atoms with Crippen LogP contribution in [0.3, 0.4) is 0 Å². The predicted octanol–water partition coefficient (Wildman–Crippen LogP) is 7.68. The lowest BCUT2D eigenvalue weighted by molar-refractivity contribution is -0.0503. The number of carboxylic acids is 1. The van der Waals surface area contributed by atoms with E-state index in [2.05, 4.69) is 6.92 Å². The summed E-state index contributed by atoms with van der Waals surface area (Å²) in [6.07, 6.45) is 20.7. The number of unbranched alkanes of at least 4 members (excludes halogenated alkanes) is 15. The molecule has 0 saturated carbocycles. The SMILES string of the molecule is CCCCCCCCCCCCCCCCCCOC[C@H](CO)OCc1cc(F)cc(C(=O)O)c1. The molecule has 0 bridgehead atoms. The van der Waals surface area contributed by atoms with Crippen molar-refractivity contribution in [1.82, 2.24) is 0 Å². The van der Waals surface area contributed by atoms with Gasteiger partial charge in [0.15, 0.2) is 0 Å². The van der Waals surface area contributed by atoms with Crippen molar-refractivity contribution < 1.29 is 28.9 Å². The average molecular weight is 497 g/mol. The third-order valence-electron chi connectivity index (χ3n) is 6.34. The lowest BCUT2D eigenvalue weighted by Crippen LogP contribution is -2.24. The summed E-state index contributed by atoms with van der Waals surface area (Å²) in [7, 11) is 0. The minimum absolute atomic E-state index is 0.0195. The van der Waals surface area contributed by atoms with Crippen LogP contribution in [-0.4, -0.2) is 42.1 Å². The van der Waals surface area contributed by atoms with Crippen molar-refractivity contribution in [2.24, 2.45) is 0 Å². The molecule has 0 aliphatic rings. The maximum Gasteiger partial charge on any atom is 0.335 e. The maximum atomic E-state index is 13.5. The lowest BCUT2D eigenvalue weighted by Gasteiger charge is -2.16. The standard InChI is InChI=1S/C29H49FO5/c1-2-3-4-5-6-7-8-9-10-11-12-13-14-15-16-17-18-34-24-28(22-31)35-23-25-19-26(29(32)33)21-27(30)20-25/h19-21,28,31H,2-18,22-24H2,1H3,(H,32,33)/t28-/m0/s1. The highest BCUT2D eigenvalue weighted by atomic mass is 19.1. The molecule has 1 rings (SSSR count). The summed E-state index contributed by atoms with van der Waals surface area (Å²) in [4.78, 5) is 11.0. The number of aliphatic hydroxyl groups excluding tert-OH is 1. The second kappa shape index (κ2) is 21.8. The predicted molar refractivity (Wildman–Crippen MR) is 139 cm³/mol. The molecule has 2 N–H and O–H groups in total. The third kappa shape index (κ3) is 17.6. The van der Waals surface area contributed by atoms with Crippen LogP contribution < -0.4 is 0 Å². The van der Waals surface area contributed by atoms with E-state index in [1.165, 1.54) is 102 Å². The van der Waals surface area contributed by atoms with Crippen molar-refractivity contribution in [1.29, 1.82) is 0 Å². The molecule has 0 spiro atoms. The number of rotatable bonds is 24. The molecule has 0 amide bonds. The van der Waals surface area contributed by atoms with Crippen molar-refractivity contribution in [2.75, 3.05) is 19.8 Å². The number of hydrogen-bond donors (Lipinski definition) is 2. The van der Waals surface area contributed by atoms with E-state index in [0.717, 1.165) is 18.9 Å². The van der Waals surface area contributed by atoms with Gasteiger partial charge in [-0.25, -0.2) is 9.18 Å². The van der Waals surface area contributed by atoms with E-state index in [0.29, 0.717) is 12.2 Å². The highest BCUT2D eigenvalue weighted by molar-refractivity contribution is 5.87. The molecule has 0 unspecified atom stereocenters. The zero-order valence-electron chi connectivity index (χ0n) is 21.9. The molecule has 202 valence electrons. The van der Waals surface area contributed by atoms with Crippen molar-refractivity contribution >= 4 is 5.97 Å². The summed E-state index contributed by atoms with van der Waals surface area (Å²) in [6.45, 7) is 2.97. The van der Waals surface area contributed by atoms with Crippen LogP contribution in [0.15, 0.2) is 18.2 Å². The van der Waals surface area contributed by atoms with Gasteiger partial charge in [0.25, 0.3) is 0 Å². The highest BCUT2D eigenvalue weighted by Gasteiger charge is 2.11. The number of aliphatic hydroxyl groups is 1. The Morgan fingerprint density at radius 2 is 1.34 bits per heavy atom. The molecule has 1 aromatic carbocycles. The fourth-order valence-electron chi connectivity index (χ4n) is 4.19. The Morgan fingerprint density at radius 1 is 0.829 bits per heavy atom. The van der Waals surface area contributed by atoms with Gasteiger partial charge in [0.1, 0.15) is 11.9 Å². The Labute approximate surface area is 212 Å². The number of benzene rings is 1. The maximum absolute atomic E-state index is 13.5. The minimum Gasteiger partial charge on any atom is -0.478 e. The van der Waals surface area contributed by atoms with Crippen LogP contribution in [0.25, 0.3) is 0 Å². The van der Waals surface area contributed by atoms with Gasteiger partial charge in [0.05, 0.1) is 25.4 Å². The van der Waals surface area contributed by atoms with Gasteiger partial charge in [-0.3, -0.25) is 0 Å². The summed E-state index contributed by atoms with van der Waals surface area (Å²) >= 11 is 0. The van der Waals surface area contributed by atoms with Gasteiger partial charge in [-0.15, -0.1) is 0 Å². The van der Waals surface area contributed by atoms with Gasteiger partial charge in [-0.2, -0.15) is 0 Å². The van der Waals surface area contributed by atoms with Gasteiger partial charge in [0, 0.05) is 6.61 Å². The Bertz CT molecular complexity index is 652.